The van der Waals surface area contributed by atoms with Crippen molar-refractivity contribution in [2.24, 2.45) is 0 Å². The van der Waals surface area contributed by atoms with Crippen molar-refractivity contribution in [1.29, 1.82) is 5.26 Å². The average Bonchev–Trinajstić information content (AvgIpc) is 3.31. The number of carbonyl (C=O) groups excluding carboxylic acids is 1. The topological polar surface area (TPSA) is 104 Å². The highest BCUT2D eigenvalue weighted by Gasteiger charge is 2.27. The van der Waals surface area contributed by atoms with Gasteiger partial charge in [-0.1, -0.05) is 0 Å². The maximum Gasteiger partial charge on any atom is 0.257 e. The van der Waals surface area contributed by atoms with Gasteiger partial charge in [0.1, 0.15) is 17.6 Å². The molecule has 1 aromatic heterocycles. The van der Waals surface area contributed by atoms with Crippen LogP contribution in [0, 0.1) is 11.3 Å². The van der Waals surface area contributed by atoms with Gasteiger partial charge in [-0.2, -0.15) is 5.26 Å². The number of nitrogens with zero attached hydrogens (tertiary/aromatic N) is 4. The molecule has 32 heavy (non-hydrogen) atoms. The first-order chi connectivity index (χ1) is 15.3. The Morgan fingerprint density at radius 1 is 1.12 bits per heavy atom. The van der Waals surface area contributed by atoms with Crippen molar-refractivity contribution in [3.05, 3.63) is 47.7 Å². The first-order valence-electron chi connectivity index (χ1n) is 10.8. The summed E-state index contributed by atoms with van der Waals surface area (Å²) in [5, 5.41) is 8.93. The van der Waals surface area contributed by atoms with Gasteiger partial charge in [0.15, 0.2) is 9.84 Å². The molecule has 4 rings (SSSR count). The molecule has 2 heterocycles. The van der Waals surface area contributed by atoms with Crippen LogP contribution in [0.15, 0.2) is 41.4 Å². The monoisotopic (exact) mass is 454 g/mol. The molecule has 1 aromatic carbocycles. The van der Waals surface area contributed by atoms with E-state index in [0.29, 0.717) is 43.1 Å². The average molecular weight is 455 g/mol. The van der Waals surface area contributed by atoms with Crippen LogP contribution in [0.1, 0.15) is 41.6 Å². The van der Waals surface area contributed by atoms with Gasteiger partial charge in [-0.3, -0.25) is 4.79 Å². The number of rotatable bonds is 5. The molecule has 0 N–H and O–H groups in total. The second-order valence-electron chi connectivity index (χ2n) is 8.25. The molecule has 168 valence electrons. The van der Waals surface area contributed by atoms with Gasteiger partial charge in [-0.25, -0.2) is 13.4 Å². The number of pyridine rings is 1. The summed E-state index contributed by atoms with van der Waals surface area (Å²) >= 11 is 0. The van der Waals surface area contributed by atoms with Crippen molar-refractivity contribution in [1.82, 2.24) is 9.88 Å². The first kappa shape index (κ1) is 22.1. The zero-order valence-corrected chi connectivity index (χ0v) is 18.8. The minimum Gasteiger partial charge on any atom is -0.490 e. The van der Waals surface area contributed by atoms with Gasteiger partial charge < -0.3 is 14.5 Å². The Morgan fingerprint density at radius 3 is 2.44 bits per heavy atom. The molecular formula is C23H26N4O4S. The van der Waals surface area contributed by atoms with Crippen LogP contribution in [0.25, 0.3) is 0 Å². The van der Waals surface area contributed by atoms with E-state index in [9.17, 15) is 13.2 Å². The first-order valence-corrected chi connectivity index (χ1v) is 12.7. The number of piperazine rings is 1. The number of benzene rings is 1. The van der Waals surface area contributed by atoms with Gasteiger partial charge in [0.2, 0.25) is 0 Å². The lowest BCUT2D eigenvalue weighted by atomic mass is 10.1. The van der Waals surface area contributed by atoms with Crippen molar-refractivity contribution in [3.8, 4) is 11.8 Å². The summed E-state index contributed by atoms with van der Waals surface area (Å²) in [6.07, 6.45) is 6.81. The van der Waals surface area contributed by atoms with E-state index in [4.69, 9.17) is 10.00 Å². The summed E-state index contributed by atoms with van der Waals surface area (Å²) in [7, 11) is -3.45. The fourth-order valence-corrected chi connectivity index (χ4v) is 4.79. The zero-order valence-electron chi connectivity index (χ0n) is 18.0. The maximum absolute atomic E-state index is 13.4. The van der Waals surface area contributed by atoms with Gasteiger partial charge in [0.25, 0.3) is 5.91 Å². The number of aromatic nitrogens is 1. The molecule has 2 fully saturated rings. The van der Waals surface area contributed by atoms with E-state index in [1.54, 1.807) is 23.1 Å². The van der Waals surface area contributed by atoms with Crippen molar-refractivity contribution in [2.45, 2.75) is 36.7 Å². The normalized spacial score (nSPS) is 17.2. The molecule has 0 spiro atoms. The van der Waals surface area contributed by atoms with Crippen LogP contribution in [0.2, 0.25) is 0 Å². The van der Waals surface area contributed by atoms with Crippen LogP contribution in [-0.2, 0) is 9.84 Å². The Bertz CT molecular complexity index is 1130. The van der Waals surface area contributed by atoms with E-state index < -0.39 is 9.84 Å². The molecule has 1 saturated heterocycles. The molecule has 1 saturated carbocycles. The van der Waals surface area contributed by atoms with Crippen molar-refractivity contribution >= 4 is 21.6 Å². The predicted molar refractivity (Wildman–Crippen MR) is 120 cm³/mol. The molecule has 0 bridgehead atoms. The number of carbonyl (C=O) groups is 1. The summed E-state index contributed by atoms with van der Waals surface area (Å²) < 4.78 is 30.3. The maximum atomic E-state index is 13.4. The lowest BCUT2D eigenvalue weighted by Gasteiger charge is -2.35. The summed E-state index contributed by atoms with van der Waals surface area (Å²) in [6, 6.07) is 10.1. The Kier molecular flexibility index (Phi) is 6.33. The van der Waals surface area contributed by atoms with Gasteiger partial charge in [0.05, 0.1) is 22.1 Å². The van der Waals surface area contributed by atoms with Gasteiger partial charge >= 0.3 is 0 Å². The Hall–Kier alpha value is -3.12. The van der Waals surface area contributed by atoms with E-state index in [1.165, 1.54) is 18.3 Å². The quantitative estimate of drug-likeness (QED) is 0.684. The molecule has 0 atom stereocenters. The Labute approximate surface area is 188 Å². The third-order valence-electron chi connectivity index (χ3n) is 5.97. The summed E-state index contributed by atoms with van der Waals surface area (Å²) in [4.78, 5) is 21.6. The zero-order chi connectivity index (χ0) is 22.7. The highest BCUT2D eigenvalue weighted by atomic mass is 32.2. The number of anilines is 1. The summed E-state index contributed by atoms with van der Waals surface area (Å²) in [6.45, 7) is 2.14. The molecule has 1 amide bonds. The number of amides is 1. The molecule has 2 aromatic rings. The fraction of sp³-hybridized carbons (Fsp3) is 0.435. The van der Waals surface area contributed by atoms with Crippen LogP contribution in [0.3, 0.4) is 0 Å². The molecular weight excluding hydrogens is 428 g/mol. The highest BCUT2D eigenvalue weighted by Crippen LogP contribution is 2.30. The number of hydrogen-bond donors (Lipinski definition) is 0. The van der Waals surface area contributed by atoms with E-state index in [-0.39, 0.29) is 16.9 Å². The van der Waals surface area contributed by atoms with E-state index in [2.05, 4.69) is 16.0 Å². The predicted octanol–water partition coefficient (Wildman–Crippen LogP) is 2.64. The molecule has 1 aliphatic carbocycles. The third kappa shape index (κ3) is 4.86. The van der Waals surface area contributed by atoms with Gasteiger partial charge in [-0.05, 0) is 56.0 Å². The largest absolute Gasteiger partial charge is 0.490 e. The Balaban J connectivity index is 1.51. The minimum atomic E-state index is -3.45. The van der Waals surface area contributed by atoms with E-state index >= 15 is 0 Å². The summed E-state index contributed by atoms with van der Waals surface area (Å²) in [5.41, 5.74) is 0.799. The molecule has 0 radical (unpaired) electrons. The van der Waals surface area contributed by atoms with Crippen LogP contribution in [-0.4, -0.2) is 62.7 Å². The van der Waals surface area contributed by atoms with Crippen molar-refractivity contribution in [2.75, 3.05) is 37.3 Å². The second-order valence-corrected chi connectivity index (χ2v) is 10.3. The fourth-order valence-electron chi connectivity index (χ4n) is 4.14. The Morgan fingerprint density at radius 2 is 1.84 bits per heavy atom. The number of sulfone groups is 1. The number of ether oxygens (including phenoxy) is 1. The van der Waals surface area contributed by atoms with E-state index in [0.717, 1.165) is 37.8 Å². The minimum absolute atomic E-state index is 0.0601. The molecule has 8 nitrogen and oxygen atoms in total. The smallest absolute Gasteiger partial charge is 0.257 e. The van der Waals surface area contributed by atoms with Gasteiger partial charge in [0, 0.05) is 38.6 Å². The third-order valence-corrected chi connectivity index (χ3v) is 7.08. The SMILES string of the molecule is CS(=O)(=O)c1ccc(OC2CCCC2)c(C(=O)N2CCN(c3ccc(C#N)cn3)CC2)c1. The van der Waals surface area contributed by atoms with Gasteiger partial charge in [-0.15, -0.1) is 0 Å². The van der Waals surface area contributed by atoms with Crippen LogP contribution >= 0.6 is 0 Å². The summed E-state index contributed by atoms with van der Waals surface area (Å²) in [5.74, 6) is 0.988. The van der Waals surface area contributed by atoms with Crippen molar-refractivity contribution < 1.29 is 17.9 Å². The molecule has 9 heteroatoms. The molecule has 0 unspecified atom stereocenters. The molecule has 2 aliphatic rings. The van der Waals surface area contributed by atoms with Crippen LogP contribution in [0.5, 0.6) is 5.75 Å². The van der Waals surface area contributed by atoms with Crippen LogP contribution < -0.4 is 9.64 Å². The molecule has 1 aliphatic heterocycles. The number of hydrogen-bond acceptors (Lipinski definition) is 7. The second kappa shape index (κ2) is 9.17. The van der Waals surface area contributed by atoms with E-state index in [1.807, 2.05) is 0 Å². The van der Waals surface area contributed by atoms with Crippen LogP contribution in [0.4, 0.5) is 5.82 Å². The standard InChI is InChI=1S/C23H26N4O4S/c1-32(29,30)19-7-8-21(31-18-4-2-3-5-18)20(14-19)23(28)27-12-10-26(11-13-27)22-9-6-17(15-24)16-25-22/h6-9,14,16,18H,2-5,10-13H2,1H3. The number of nitriles is 1. The lowest BCUT2D eigenvalue weighted by molar-refractivity contribution is 0.0738. The lowest BCUT2D eigenvalue weighted by Crippen LogP contribution is -2.49. The van der Waals surface area contributed by atoms with Crippen molar-refractivity contribution in [3.63, 3.8) is 0 Å². The highest BCUT2D eigenvalue weighted by molar-refractivity contribution is 7.90.